The van der Waals surface area contributed by atoms with Gasteiger partial charge in [0.1, 0.15) is 0 Å². The molecule has 1 heterocycles. The van der Waals surface area contributed by atoms with E-state index in [0.29, 0.717) is 5.69 Å². The van der Waals surface area contributed by atoms with E-state index in [1.807, 2.05) is 6.92 Å². The molecule has 1 unspecified atom stereocenters. The number of ether oxygens (including phenoxy) is 1. The third-order valence-electron chi connectivity index (χ3n) is 3.26. The summed E-state index contributed by atoms with van der Waals surface area (Å²) in [5.41, 5.74) is 0.0858. The number of nitrogens with zero attached hydrogens (tertiary/aromatic N) is 1. The quantitative estimate of drug-likeness (QED) is 0.922. The molecule has 1 N–H and O–H groups in total. The number of benzene rings is 1. The van der Waals surface area contributed by atoms with Crippen LogP contribution in [0.15, 0.2) is 24.3 Å². The van der Waals surface area contributed by atoms with Crippen molar-refractivity contribution in [2.75, 3.05) is 38.2 Å². The summed E-state index contributed by atoms with van der Waals surface area (Å²) in [6, 6.07) is 5.31. The van der Waals surface area contributed by atoms with Gasteiger partial charge in [0.15, 0.2) is 0 Å². The van der Waals surface area contributed by atoms with Crippen LogP contribution in [0.5, 0.6) is 0 Å². The fourth-order valence-electron chi connectivity index (χ4n) is 2.26. The molecule has 1 fully saturated rings. The molecular formula is C14H19F3N2O. The smallest absolute Gasteiger partial charge is 0.381 e. The van der Waals surface area contributed by atoms with Gasteiger partial charge in [-0.05, 0) is 31.2 Å². The molecule has 1 atom stereocenters. The number of nitrogens with one attached hydrogen (secondary N) is 1. The maximum Gasteiger partial charge on any atom is 0.416 e. The maximum absolute atomic E-state index is 12.5. The Hall–Kier alpha value is -1.27. The highest BCUT2D eigenvalue weighted by molar-refractivity contribution is 5.45. The van der Waals surface area contributed by atoms with Crippen LogP contribution in [0.3, 0.4) is 0 Å². The molecule has 1 saturated heterocycles. The van der Waals surface area contributed by atoms with Crippen molar-refractivity contribution in [3.8, 4) is 0 Å². The first kappa shape index (κ1) is 15.1. The van der Waals surface area contributed by atoms with Gasteiger partial charge >= 0.3 is 6.18 Å². The molecule has 3 nitrogen and oxygen atoms in total. The van der Waals surface area contributed by atoms with Crippen LogP contribution in [0.4, 0.5) is 18.9 Å². The van der Waals surface area contributed by atoms with Gasteiger partial charge in [0.2, 0.25) is 0 Å². The number of alkyl halides is 3. The average molecular weight is 288 g/mol. The highest BCUT2D eigenvalue weighted by Gasteiger charge is 2.29. The number of rotatable bonds is 4. The lowest BCUT2D eigenvalue weighted by atomic mass is 10.2. The average Bonchev–Trinajstić information content (AvgIpc) is 2.39. The molecule has 0 amide bonds. The van der Waals surface area contributed by atoms with E-state index in [4.69, 9.17) is 4.74 Å². The molecular weight excluding hydrogens is 269 g/mol. The number of anilines is 1. The summed E-state index contributed by atoms with van der Waals surface area (Å²) in [6.45, 7) is 6.16. The first-order valence-electron chi connectivity index (χ1n) is 6.69. The topological polar surface area (TPSA) is 24.5 Å². The number of morpholine rings is 1. The summed E-state index contributed by atoms with van der Waals surface area (Å²) in [5.74, 6) is 0. The zero-order chi connectivity index (χ0) is 14.6. The molecule has 1 aromatic rings. The Labute approximate surface area is 116 Å². The largest absolute Gasteiger partial charge is 0.416 e. The number of halogens is 3. The molecule has 1 aliphatic heterocycles. The minimum absolute atomic E-state index is 0.171. The maximum atomic E-state index is 12.5. The molecule has 6 heteroatoms. The van der Waals surface area contributed by atoms with E-state index in [2.05, 4.69) is 10.2 Å². The highest BCUT2D eigenvalue weighted by Crippen LogP contribution is 2.29. The van der Waals surface area contributed by atoms with E-state index in [9.17, 15) is 13.2 Å². The predicted octanol–water partition coefficient (Wildman–Crippen LogP) is 2.84. The molecule has 2 rings (SSSR count). The van der Waals surface area contributed by atoms with E-state index in [1.54, 1.807) is 0 Å². The zero-order valence-electron chi connectivity index (χ0n) is 11.4. The van der Waals surface area contributed by atoms with E-state index in [-0.39, 0.29) is 6.04 Å². The van der Waals surface area contributed by atoms with Gasteiger partial charge in [-0.3, -0.25) is 4.90 Å². The van der Waals surface area contributed by atoms with Crippen LogP contribution >= 0.6 is 0 Å². The summed E-state index contributed by atoms with van der Waals surface area (Å²) in [4.78, 5) is 2.28. The molecule has 20 heavy (non-hydrogen) atoms. The Kier molecular flexibility index (Phi) is 4.88. The van der Waals surface area contributed by atoms with E-state index in [0.717, 1.165) is 45.0 Å². The Balaban J connectivity index is 1.86. The first-order chi connectivity index (χ1) is 9.45. The van der Waals surface area contributed by atoms with Crippen molar-refractivity contribution in [2.45, 2.75) is 19.1 Å². The zero-order valence-corrected chi connectivity index (χ0v) is 11.4. The van der Waals surface area contributed by atoms with Crippen LogP contribution in [-0.2, 0) is 10.9 Å². The molecule has 0 aromatic heterocycles. The predicted molar refractivity (Wildman–Crippen MR) is 71.8 cm³/mol. The fourth-order valence-corrected chi connectivity index (χ4v) is 2.26. The summed E-state index contributed by atoms with van der Waals surface area (Å²) in [6.07, 6.45) is -4.28. The Bertz CT molecular complexity index is 413. The van der Waals surface area contributed by atoms with Gasteiger partial charge in [0.05, 0.1) is 18.8 Å². The molecule has 0 aliphatic carbocycles. The minimum Gasteiger partial charge on any atom is -0.381 e. The second kappa shape index (κ2) is 6.45. The van der Waals surface area contributed by atoms with Crippen molar-refractivity contribution < 1.29 is 17.9 Å². The van der Waals surface area contributed by atoms with Gasteiger partial charge in [-0.25, -0.2) is 0 Å². The van der Waals surface area contributed by atoms with Crippen LogP contribution in [-0.4, -0.2) is 43.8 Å². The van der Waals surface area contributed by atoms with Crippen LogP contribution in [0.1, 0.15) is 12.5 Å². The first-order valence-corrected chi connectivity index (χ1v) is 6.69. The third kappa shape index (κ3) is 4.38. The van der Waals surface area contributed by atoms with Gasteiger partial charge in [0.25, 0.3) is 0 Å². The van der Waals surface area contributed by atoms with Crippen LogP contribution < -0.4 is 5.32 Å². The third-order valence-corrected chi connectivity index (χ3v) is 3.26. The fraction of sp³-hybridized carbons (Fsp3) is 0.571. The lowest BCUT2D eigenvalue weighted by Crippen LogP contribution is -2.42. The van der Waals surface area contributed by atoms with Gasteiger partial charge in [-0.15, -0.1) is 0 Å². The van der Waals surface area contributed by atoms with Gasteiger partial charge in [-0.2, -0.15) is 13.2 Å². The summed E-state index contributed by atoms with van der Waals surface area (Å²) < 4.78 is 42.6. The normalized spacial score (nSPS) is 18.8. The Morgan fingerprint density at radius 3 is 2.35 bits per heavy atom. The molecule has 112 valence electrons. The van der Waals surface area contributed by atoms with E-state index in [1.165, 1.54) is 12.1 Å². The van der Waals surface area contributed by atoms with E-state index < -0.39 is 11.7 Å². The second-order valence-corrected chi connectivity index (χ2v) is 5.03. The van der Waals surface area contributed by atoms with Crippen molar-refractivity contribution in [3.63, 3.8) is 0 Å². The standard InChI is InChI=1S/C14H19F3N2O/c1-11(10-19-6-8-20-9-7-19)18-13-4-2-12(3-5-13)14(15,16)17/h2-5,11,18H,6-10H2,1H3. The summed E-state index contributed by atoms with van der Waals surface area (Å²) in [5, 5.41) is 3.22. The van der Waals surface area contributed by atoms with Crippen molar-refractivity contribution >= 4 is 5.69 Å². The van der Waals surface area contributed by atoms with Gasteiger partial charge in [-0.1, -0.05) is 0 Å². The molecule has 1 aromatic carbocycles. The van der Waals surface area contributed by atoms with Crippen LogP contribution in [0.25, 0.3) is 0 Å². The lowest BCUT2D eigenvalue weighted by molar-refractivity contribution is -0.137. The van der Waals surface area contributed by atoms with Crippen molar-refractivity contribution in [3.05, 3.63) is 29.8 Å². The van der Waals surface area contributed by atoms with Crippen molar-refractivity contribution in [2.24, 2.45) is 0 Å². The molecule has 0 saturated carbocycles. The highest BCUT2D eigenvalue weighted by atomic mass is 19.4. The van der Waals surface area contributed by atoms with Crippen molar-refractivity contribution in [1.82, 2.24) is 4.90 Å². The summed E-state index contributed by atoms with van der Waals surface area (Å²) in [7, 11) is 0. The lowest BCUT2D eigenvalue weighted by Gasteiger charge is -2.29. The van der Waals surface area contributed by atoms with Crippen molar-refractivity contribution in [1.29, 1.82) is 0 Å². The minimum atomic E-state index is -4.28. The number of hydrogen-bond acceptors (Lipinski definition) is 3. The second-order valence-electron chi connectivity index (χ2n) is 5.03. The molecule has 1 aliphatic rings. The molecule has 0 bridgehead atoms. The van der Waals surface area contributed by atoms with Crippen LogP contribution in [0.2, 0.25) is 0 Å². The molecule has 0 radical (unpaired) electrons. The Morgan fingerprint density at radius 2 is 1.80 bits per heavy atom. The molecule has 0 spiro atoms. The monoisotopic (exact) mass is 288 g/mol. The van der Waals surface area contributed by atoms with E-state index >= 15 is 0 Å². The van der Waals surface area contributed by atoms with Crippen LogP contribution in [0, 0.1) is 0 Å². The summed E-state index contributed by atoms with van der Waals surface area (Å²) >= 11 is 0. The SMILES string of the molecule is CC(CN1CCOCC1)Nc1ccc(C(F)(F)F)cc1. The Morgan fingerprint density at radius 1 is 1.20 bits per heavy atom. The number of hydrogen-bond donors (Lipinski definition) is 1. The van der Waals surface area contributed by atoms with Gasteiger partial charge < -0.3 is 10.1 Å². The van der Waals surface area contributed by atoms with Gasteiger partial charge in [0, 0.05) is 31.4 Å².